The second kappa shape index (κ2) is 7.36. The molecule has 2 heterocycles. The van der Waals surface area contributed by atoms with Gasteiger partial charge in [-0.3, -0.25) is 4.79 Å². The Morgan fingerprint density at radius 1 is 1.43 bits per heavy atom. The third-order valence-corrected chi connectivity index (χ3v) is 4.19. The standard InChI is InChI=1S/C15H25N5O/c1-3-8-17-11(2)12-6-9-20(10-7-12)14-5-4-13(15(16)21)18-19-14/h4-5,11-12,17H,3,6-10H2,1-2H3,(H2,16,21). The fraction of sp³-hybridized carbons (Fsp3) is 0.667. The van der Waals surface area contributed by atoms with Gasteiger partial charge in [0.25, 0.3) is 5.91 Å². The van der Waals surface area contributed by atoms with Crippen molar-refractivity contribution in [2.75, 3.05) is 24.5 Å². The molecule has 1 aliphatic heterocycles. The Bertz CT molecular complexity index is 454. The summed E-state index contributed by atoms with van der Waals surface area (Å²) in [6.45, 7) is 7.51. The van der Waals surface area contributed by atoms with Gasteiger partial charge in [0.05, 0.1) is 0 Å². The van der Waals surface area contributed by atoms with Crippen LogP contribution in [0.1, 0.15) is 43.6 Å². The first-order valence-electron chi connectivity index (χ1n) is 7.73. The Hall–Kier alpha value is -1.69. The fourth-order valence-electron chi connectivity index (χ4n) is 2.79. The number of piperidine rings is 1. The van der Waals surface area contributed by atoms with Crippen molar-refractivity contribution in [3.8, 4) is 0 Å². The summed E-state index contributed by atoms with van der Waals surface area (Å²) >= 11 is 0. The van der Waals surface area contributed by atoms with E-state index >= 15 is 0 Å². The highest BCUT2D eigenvalue weighted by Crippen LogP contribution is 2.23. The summed E-state index contributed by atoms with van der Waals surface area (Å²) in [5, 5.41) is 11.6. The number of amides is 1. The minimum absolute atomic E-state index is 0.214. The molecule has 0 aliphatic carbocycles. The molecule has 1 saturated heterocycles. The summed E-state index contributed by atoms with van der Waals surface area (Å²) in [6.07, 6.45) is 3.47. The highest BCUT2D eigenvalue weighted by atomic mass is 16.1. The summed E-state index contributed by atoms with van der Waals surface area (Å²) in [5.74, 6) is 1.00. The molecule has 1 unspecified atom stereocenters. The van der Waals surface area contributed by atoms with E-state index in [1.54, 1.807) is 6.07 Å². The van der Waals surface area contributed by atoms with Crippen LogP contribution in [0.25, 0.3) is 0 Å². The van der Waals surface area contributed by atoms with E-state index in [4.69, 9.17) is 5.73 Å². The van der Waals surface area contributed by atoms with Gasteiger partial charge < -0.3 is 16.0 Å². The second-order valence-electron chi connectivity index (χ2n) is 5.71. The quantitative estimate of drug-likeness (QED) is 0.822. The third-order valence-electron chi connectivity index (χ3n) is 4.19. The number of anilines is 1. The summed E-state index contributed by atoms with van der Waals surface area (Å²) in [4.78, 5) is 13.2. The van der Waals surface area contributed by atoms with Crippen molar-refractivity contribution in [2.24, 2.45) is 11.7 Å². The van der Waals surface area contributed by atoms with Crippen molar-refractivity contribution in [1.29, 1.82) is 0 Å². The lowest BCUT2D eigenvalue weighted by molar-refractivity contribution is 0.0994. The van der Waals surface area contributed by atoms with Crippen molar-refractivity contribution in [1.82, 2.24) is 15.5 Å². The maximum absolute atomic E-state index is 11.0. The minimum Gasteiger partial charge on any atom is -0.364 e. The number of carbonyl (C=O) groups excluding carboxylic acids is 1. The number of hydrogen-bond acceptors (Lipinski definition) is 5. The van der Waals surface area contributed by atoms with Gasteiger partial charge in [0.15, 0.2) is 11.5 Å². The lowest BCUT2D eigenvalue weighted by Crippen LogP contribution is -2.42. The van der Waals surface area contributed by atoms with Gasteiger partial charge in [0.2, 0.25) is 0 Å². The predicted molar refractivity (Wildman–Crippen MR) is 83.2 cm³/mol. The maximum Gasteiger partial charge on any atom is 0.269 e. The summed E-state index contributed by atoms with van der Waals surface area (Å²) in [7, 11) is 0. The number of primary amides is 1. The van der Waals surface area contributed by atoms with Gasteiger partial charge in [-0.1, -0.05) is 6.92 Å². The number of nitrogens with zero attached hydrogens (tertiary/aromatic N) is 3. The molecule has 0 spiro atoms. The fourth-order valence-corrected chi connectivity index (χ4v) is 2.79. The third kappa shape index (κ3) is 4.14. The number of aromatic nitrogens is 2. The Morgan fingerprint density at radius 2 is 2.14 bits per heavy atom. The number of carbonyl (C=O) groups is 1. The van der Waals surface area contributed by atoms with Gasteiger partial charge in [-0.2, -0.15) is 0 Å². The van der Waals surface area contributed by atoms with Gasteiger partial charge in [0, 0.05) is 19.1 Å². The molecule has 1 aromatic rings. The molecule has 0 saturated carbocycles. The molecule has 0 radical (unpaired) electrons. The minimum atomic E-state index is -0.538. The monoisotopic (exact) mass is 291 g/mol. The number of hydrogen-bond donors (Lipinski definition) is 2. The lowest BCUT2D eigenvalue weighted by Gasteiger charge is -2.35. The van der Waals surface area contributed by atoms with Crippen LogP contribution in [0.3, 0.4) is 0 Å². The molecule has 21 heavy (non-hydrogen) atoms. The SMILES string of the molecule is CCCNC(C)C1CCN(c2ccc(C(N)=O)nn2)CC1. The van der Waals surface area contributed by atoms with Crippen LogP contribution in [0.4, 0.5) is 5.82 Å². The largest absolute Gasteiger partial charge is 0.364 e. The van der Waals surface area contributed by atoms with Crippen LogP contribution < -0.4 is 16.0 Å². The highest BCUT2D eigenvalue weighted by molar-refractivity contribution is 5.90. The van der Waals surface area contributed by atoms with E-state index in [1.807, 2.05) is 6.07 Å². The molecule has 2 rings (SSSR count). The number of nitrogens with one attached hydrogen (secondary N) is 1. The molecule has 1 aliphatic rings. The molecule has 6 nitrogen and oxygen atoms in total. The molecule has 1 fully saturated rings. The van der Waals surface area contributed by atoms with Crippen LogP contribution in [0.5, 0.6) is 0 Å². The van der Waals surface area contributed by atoms with Gasteiger partial charge in [-0.15, -0.1) is 10.2 Å². The summed E-state index contributed by atoms with van der Waals surface area (Å²) in [6, 6.07) is 4.03. The van der Waals surface area contributed by atoms with Crippen molar-refractivity contribution in [3.63, 3.8) is 0 Å². The molecular weight excluding hydrogens is 266 g/mol. The Balaban J connectivity index is 1.87. The van der Waals surface area contributed by atoms with Gasteiger partial charge in [-0.25, -0.2) is 0 Å². The first-order valence-corrected chi connectivity index (χ1v) is 7.73. The Morgan fingerprint density at radius 3 is 2.67 bits per heavy atom. The van der Waals surface area contributed by atoms with E-state index in [9.17, 15) is 4.79 Å². The smallest absolute Gasteiger partial charge is 0.269 e. The molecule has 3 N–H and O–H groups in total. The Kier molecular flexibility index (Phi) is 5.50. The molecular formula is C15H25N5O. The van der Waals surface area contributed by atoms with E-state index in [0.29, 0.717) is 12.0 Å². The molecule has 1 atom stereocenters. The number of rotatable bonds is 6. The normalized spacial score (nSPS) is 17.7. The maximum atomic E-state index is 11.0. The predicted octanol–water partition coefficient (Wildman–Crippen LogP) is 1.18. The average Bonchev–Trinajstić information content (AvgIpc) is 2.53. The molecule has 0 bridgehead atoms. The van der Waals surface area contributed by atoms with Crippen molar-refractivity contribution >= 4 is 11.7 Å². The van der Waals surface area contributed by atoms with E-state index in [0.717, 1.165) is 38.3 Å². The van der Waals surface area contributed by atoms with Crippen LogP contribution in [0, 0.1) is 5.92 Å². The summed E-state index contributed by atoms with van der Waals surface area (Å²) < 4.78 is 0. The van der Waals surface area contributed by atoms with E-state index in [2.05, 4.69) is 34.3 Å². The van der Waals surface area contributed by atoms with Gasteiger partial charge in [-0.05, 0) is 50.8 Å². The van der Waals surface area contributed by atoms with Crippen molar-refractivity contribution < 1.29 is 4.79 Å². The van der Waals surface area contributed by atoms with Crippen LogP contribution in [-0.2, 0) is 0 Å². The first kappa shape index (κ1) is 15.7. The van der Waals surface area contributed by atoms with Crippen LogP contribution in [0.2, 0.25) is 0 Å². The van der Waals surface area contributed by atoms with Gasteiger partial charge in [0.1, 0.15) is 0 Å². The number of nitrogens with two attached hydrogens (primary N) is 1. The van der Waals surface area contributed by atoms with E-state index in [-0.39, 0.29) is 5.69 Å². The summed E-state index contributed by atoms with van der Waals surface area (Å²) in [5.41, 5.74) is 5.39. The van der Waals surface area contributed by atoms with Crippen LogP contribution >= 0.6 is 0 Å². The second-order valence-corrected chi connectivity index (χ2v) is 5.71. The average molecular weight is 291 g/mol. The van der Waals surface area contributed by atoms with E-state index in [1.165, 1.54) is 6.42 Å². The lowest BCUT2D eigenvalue weighted by atomic mass is 9.90. The van der Waals surface area contributed by atoms with Crippen molar-refractivity contribution in [2.45, 2.75) is 39.2 Å². The Labute approximate surface area is 126 Å². The molecule has 116 valence electrons. The van der Waals surface area contributed by atoms with Gasteiger partial charge >= 0.3 is 0 Å². The molecule has 1 amide bonds. The van der Waals surface area contributed by atoms with Crippen molar-refractivity contribution in [3.05, 3.63) is 17.8 Å². The zero-order chi connectivity index (χ0) is 15.2. The molecule has 1 aromatic heterocycles. The first-order chi connectivity index (χ1) is 10.1. The molecule has 0 aromatic carbocycles. The van der Waals surface area contributed by atoms with Crippen LogP contribution in [0.15, 0.2) is 12.1 Å². The van der Waals surface area contributed by atoms with Crippen LogP contribution in [-0.4, -0.2) is 41.8 Å². The van der Waals surface area contributed by atoms with E-state index < -0.39 is 5.91 Å². The topological polar surface area (TPSA) is 84.1 Å². The zero-order valence-corrected chi connectivity index (χ0v) is 12.9. The molecule has 6 heteroatoms. The highest BCUT2D eigenvalue weighted by Gasteiger charge is 2.24. The zero-order valence-electron chi connectivity index (χ0n) is 12.9.